The molecule has 0 aliphatic carbocycles. The predicted molar refractivity (Wildman–Crippen MR) is 123 cm³/mol. The molecule has 0 saturated carbocycles. The molecule has 0 aliphatic heterocycles. The molecule has 4 heteroatoms. The van der Waals surface area contributed by atoms with Crippen molar-refractivity contribution >= 4 is 30.1 Å². The average Bonchev–Trinajstić information content (AvgIpc) is 2.72. The van der Waals surface area contributed by atoms with E-state index in [2.05, 4.69) is 27.7 Å². The van der Waals surface area contributed by atoms with Gasteiger partial charge < -0.3 is 0 Å². The molecule has 0 unspecified atom stereocenters. The van der Waals surface area contributed by atoms with Crippen molar-refractivity contribution < 1.29 is 14.3 Å². The van der Waals surface area contributed by atoms with Crippen molar-refractivity contribution in [1.82, 2.24) is 0 Å². The number of Topliss-reactive ketones (excluding diaryl/α,β-unsaturated/α-hetero) is 1. The van der Waals surface area contributed by atoms with Gasteiger partial charge in [0.2, 0.25) is 0 Å². The number of hydrogen-bond acceptors (Lipinski definition) is 3. The van der Waals surface area contributed by atoms with Crippen LogP contribution >= 0.6 is 0 Å². The molecule has 0 bridgehead atoms. The first-order valence-corrected chi connectivity index (χ1v) is 19.3. The summed E-state index contributed by atoms with van der Waals surface area (Å²) in [7, 11) is 1.43. The fourth-order valence-electron chi connectivity index (χ4n) is 4.26. The van der Waals surface area contributed by atoms with Crippen molar-refractivity contribution in [2.24, 2.45) is 0 Å². The van der Waals surface area contributed by atoms with Crippen LogP contribution in [0.4, 0.5) is 0 Å². The Bertz CT molecular complexity index is 442. The molecule has 0 N–H and O–H groups in total. The van der Waals surface area contributed by atoms with E-state index in [1.54, 1.807) is 0 Å². The zero-order chi connectivity index (χ0) is 21.4. The predicted octanol–water partition coefficient (Wildman–Crippen LogP) is 7.40. The van der Waals surface area contributed by atoms with Gasteiger partial charge in [-0.25, -0.2) is 0 Å². The van der Waals surface area contributed by atoms with Crippen LogP contribution in [-0.4, -0.2) is 37.2 Å². The van der Waals surface area contributed by atoms with Gasteiger partial charge in [-0.05, 0) is 0 Å². The molecule has 0 heterocycles. The van der Waals surface area contributed by atoms with Crippen LogP contribution in [0.2, 0.25) is 13.3 Å². The Balaban J connectivity index is 6.52. The molecular formula is C24H46O3Sn. The molecule has 0 spiro atoms. The zero-order valence-corrected chi connectivity index (χ0v) is 22.5. The van der Waals surface area contributed by atoms with E-state index in [0.29, 0.717) is 12.0 Å². The molecule has 0 amide bonds. The zero-order valence-electron chi connectivity index (χ0n) is 19.6. The summed E-state index contributed by atoms with van der Waals surface area (Å²) in [5.74, 6) is -0.368. The molecule has 0 rings (SSSR count). The first-order valence-electron chi connectivity index (χ1n) is 11.8. The minimum absolute atomic E-state index is 0.00363. The second kappa shape index (κ2) is 16.5. The van der Waals surface area contributed by atoms with Crippen LogP contribution in [0.15, 0.2) is 9.16 Å². The number of hydrogen-bond donors (Lipinski definition) is 0. The molecule has 0 atom stereocenters. The second-order valence-corrected chi connectivity index (χ2v) is 21.5. The number of allylic oxidation sites excluding steroid dienone is 1. The number of esters is 1. The van der Waals surface area contributed by atoms with Crippen molar-refractivity contribution in [2.45, 2.75) is 119 Å². The Kier molecular flexibility index (Phi) is 16.3. The van der Waals surface area contributed by atoms with E-state index in [9.17, 15) is 9.59 Å². The molecule has 0 aliphatic rings. The van der Waals surface area contributed by atoms with E-state index in [-0.39, 0.29) is 11.8 Å². The maximum absolute atomic E-state index is 12.9. The van der Waals surface area contributed by atoms with Crippen molar-refractivity contribution in [3.8, 4) is 0 Å². The monoisotopic (exact) mass is 502 g/mol. The van der Waals surface area contributed by atoms with Crippen molar-refractivity contribution in [1.29, 1.82) is 0 Å². The summed E-state index contributed by atoms with van der Waals surface area (Å²) in [6, 6.07) is 0. The van der Waals surface area contributed by atoms with Gasteiger partial charge in [0, 0.05) is 0 Å². The number of ether oxygens (including phenoxy) is 1. The van der Waals surface area contributed by atoms with E-state index < -0.39 is 18.4 Å². The molecule has 0 aromatic rings. The number of unbranched alkanes of at least 4 members (excludes halogenated alkanes) is 5. The number of methoxy groups -OCH3 is 1. The Labute approximate surface area is 178 Å². The van der Waals surface area contributed by atoms with Gasteiger partial charge in [0.1, 0.15) is 0 Å². The topological polar surface area (TPSA) is 43.4 Å². The van der Waals surface area contributed by atoms with Gasteiger partial charge in [-0.15, -0.1) is 0 Å². The Morgan fingerprint density at radius 3 is 1.54 bits per heavy atom. The first kappa shape index (κ1) is 27.7. The third-order valence-electron chi connectivity index (χ3n) is 5.99. The normalized spacial score (nSPS) is 12.6. The molecule has 28 heavy (non-hydrogen) atoms. The van der Waals surface area contributed by atoms with Crippen LogP contribution in [0, 0.1) is 0 Å². The fraction of sp³-hybridized carbons (Fsp3) is 0.833. The maximum atomic E-state index is 12.9. The van der Waals surface area contributed by atoms with Gasteiger partial charge >= 0.3 is 179 Å². The SMILES string of the molecule is CCCCC/[C](=C(/C(=O)CC)C(=O)OC)[Sn]([CH2]CCC)([CH2]CCC)[CH2]CCC. The van der Waals surface area contributed by atoms with E-state index >= 15 is 0 Å². The van der Waals surface area contributed by atoms with E-state index in [4.69, 9.17) is 4.74 Å². The summed E-state index contributed by atoms with van der Waals surface area (Å²) in [6.07, 6.45) is 12.0. The van der Waals surface area contributed by atoms with Crippen molar-refractivity contribution in [3.05, 3.63) is 9.16 Å². The van der Waals surface area contributed by atoms with Gasteiger partial charge in [-0.3, -0.25) is 0 Å². The van der Waals surface area contributed by atoms with Gasteiger partial charge in [-0.1, -0.05) is 0 Å². The van der Waals surface area contributed by atoms with E-state index in [1.807, 2.05) is 6.92 Å². The standard InChI is InChI=1S/C12H19O3.3C4H9.Sn/c1-4-6-7-8-9-10(11(13)5-2)12(14)15-3;3*1-3-4-2;/h4-8H2,1-3H3;3*1,3-4H2,2H3;. The summed E-state index contributed by atoms with van der Waals surface area (Å²) in [6.45, 7) is 10.9. The van der Waals surface area contributed by atoms with Gasteiger partial charge in [0.05, 0.1) is 0 Å². The number of rotatable bonds is 17. The molecule has 0 saturated heterocycles. The second-order valence-electron chi connectivity index (χ2n) is 8.17. The molecule has 0 aromatic heterocycles. The summed E-state index contributed by atoms with van der Waals surface area (Å²) >= 11 is -2.86. The summed E-state index contributed by atoms with van der Waals surface area (Å²) in [4.78, 5) is 25.7. The van der Waals surface area contributed by atoms with Crippen LogP contribution in [0.25, 0.3) is 0 Å². The molecule has 0 radical (unpaired) electrons. The van der Waals surface area contributed by atoms with Crippen molar-refractivity contribution in [3.63, 3.8) is 0 Å². The third kappa shape index (κ3) is 9.00. The summed E-state index contributed by atoms with van der Waals surface area (Å²) in [5, 5.41) is 0. The molecule has 0 fully saturated rings. The fourth-order valence-corrected chi connectivity index (χ4v) is 22.0. The van der Waals surface area contributed by atoms with E-state index in [0.717, 1.165) is 25.7 Å². The van der Waals surface area contributed by atoms with Crippen LogP contribution in [0.5, 0.6) is 0 Å². The van der Waals surface area contributed by atoms with Crippen LogP contribution < -0.4 is 0 Å². The molecule has 0 aromatic carbocycles. The number of carbonyl (C=O) groups excluding carboxylic acids is 2. The van der Waals surface area contributed by atoms with Gasteiger partial charge in [0.25, 0.3) is 0 Å². The molecule has 3 nitrogen and oxygen atoms in total. The Morgan fingerprint density at radius 2 is 1.18 bits per heavy atom. The van der Waals surface area contributed by atoms with Crippen LogP contribution in [-0.2, 0) is 14.3 Å². The van der Waals surface area contributed by atoms with Gasteiger partial charge in [-0.2, -0.15) is 0 Å². The third-order valence-corrected chi connectivity index (χ3v) is 22.3. The molecule has 164 valence electrons. The van der Waals surface area contributed by atoms with Gasteiger partial charge in [0.15, 0.2) is 0 Å². The Hall–Kier alpha value is -0.321. The molecular weight excluding hydrogens is 455 g/mol. The van der Waals surface area contributed by atoms with Crippen LogP contribution in [0.1, 0.15) is 105 Å². The Morgan fingerprint density at radius 1 is 0.714 bits per heavy atom. The van der Waals surface area contributed by atoms with E-state index in [1.165, 1.54) is 62.5 Å². The number of carbonyl (C=O) groups is 2. The van der Waals surface area contributed by atoms with Crippen LogP contribution in [0.3, 0.4) is 0 Å². The first-order chi connectivity index (χ1) is 13.5. The average molecular weight is 501 g/mol. The summed E-state index contributed by atoms with van der Waals surface area (Å²) in [5.41, 5.74) is 0.472. The number of ketones is 1. The summed E-state index contributed by atoms with van der Waals surface area (Å²) < 4.78 is 10.3. The van der Waals surface area contributed by atoms with Crippen molar-refractivity contribution in [2.75, 3.05) is 7.11 Å². The minimum atomic E-state index is -2.86. The quantitative estimate of drug-likeness (QED) is 0.0521.